The van der Waals surface area contributed by atoms with Gasteiger partial charge in [-0.1, -0.05) is 12.1 Å². The fourth-order valence-corrected chi connectivity index (χ4v) is 2.23. The Bertz CT molecular complexity index is 431. The van der Waals surface area contributed by atoms with E-state index >= 15 is 0 Å². The Morgan fingerprint density at radius 2 is 2.10 bits per heavy atom. The number of nitrogens with one attached hydrogen (secondary N) is 2. The van der Waals surface area contributed by atoms with Crippen molar-refractivity contribution in [3.8, 4) is 11.5 Å². The van der Waals surface area contributed by atoms with Crippen LogP contribution >= 0.6 is 0 Å². The van der Waals surface area contributed by atoms with E-state index in [1.807, 2.05) is 25.1 Å². The number of hydrogen-bond acceptors (Lipinski definition) is 4. The van der Waals surface area contributed by atoms with Gasteiger partial charge in [0.05, 0.1) is 6.61 Å². The van der Waals surface area contributed by atoms with Crippen molar-refractivity contribution >= 4 is 5.91 Å². The average Bonchev–Trinajstić information content (AvgIpc) is 2.48. The molecular formula is C15H22N2O3. The minimum Gasteiger partial charge on any atom is -0.490 e. The van der Waals surface area contributed by atoms with E-state index < -0.39 is 0 Å². The molecule has 0 bridgehead atoms. The summed E-state index contributed by atoms with van der Waals surface area (Å²) < 4.78 is 11.0. The lowest BCUT2D eigenvalue weighted by molar-refractivity contribution is -0.123. The molecule has 110 valence electrons. The number of ether oxygens (including phenoxy) is 2. The van der Waals surface area contributed by atoms with Gasteiger partial charge in [0.25, 0.3) is 5.91 Å². The Morgan fingerprint density at radius 1 is 1.35 bits per heavy atom. The largest absolute Gasteiger partial charge is 0.490 e. The highest BCUT2D eigenvalue weighted by Crippen LogP contribution is 2.26. The highest BCUT2D eigenvalue weighted by molar-refractivity contribution is 5.78. The third kappa shape index (κ3) is 4.42. The standard InChI is InChI=1S/C15H22N2O3/c1-2-19-13-7-3-4-8-14(13)20-11-15(18)17-12-6-5-9-16-10-12/h3-4,7-8,12,16H,2,5-6,9-11H2,1H3,(H,17,18)/t12-/m0/s1. The number of piperidine rings is 1. The van der Waals surface area contributed by atoms with Gasteiger partial charge in [-0.15, -0.1) is 0 Å². The molecule has 1 aliphatic rings. The highest BCUT2D eigenvalue weighted by Gasteiger charge is 2.15. The number of carbonyl (C=O) groups is 1. The Kier molecular flexibility index (Phi) is 5.68. The van der Waals surface area contributed by atoms with Crippen LogP contribution in [0.4, 0.5) is 0 Å². The maximum absolute atomic E-state index is 11.8. The van der Waals surface area contributed by atoms with Crippen LogP contribution in [-0.2, 0) is 4.79 Å². The van der Waals surface area contributed by atoms with E-state index in [1.54, 1.807) is 6.07 Å². The molecule has 2 N–H and O–H groups in total. The highest BCUT2D eigenvalue weighted by atomic mass is 16.5. The minimum atomic E-state index is -0.0926. The number of para-hydroxylation sites is 2. The van der Waals surface area contributed by atoms with Gasteiger partial charge in [0.1, 0.15) is 0 Å². The fraction of sp³-hybridized carbons (Fsp3) is 0.533. The summed E-state index contributed by atoms with van der Waals surface area (Å²) in [7, 11) is 0. The van der Waals surface area contributed by atoms with Crippen molar-refractivity contribution in [2.24, 2.45) is 0 Å². The van der Waals surface area contributed by atoms with E-state index in [9.17, 15) is 4.79 Å². The predicted octanol–water partition coefficient (Wildman–Crippen LogP) is 1.33. The number of rotatable bonds is 6. The number of amides is 1. The van der Waals surface area contributed by atoms with Gasteiger partial charge >= 0.3 is 0 Å². The maximum atomic E-state index is 11.8. The second kappa shape index (κ2) is 7.75. The second-order valence-corrected chi connectivity index (χ2v) is 4.78. The van der Waals surface area contributed by atoms with Gasteiger partial charge in [0.2, 0.25) is 0 Å². The fourth-order valence-electron chi connectivity index (χ4n) is 2.23. The van der Waals surface area contributed by atoms with Crippen molar-refractivity contribution in [1.29, 1.82) is 0 Å². The van der Waals surface area contributed by atoms with Gasteiger partial charge in [-0.25, -0.2) is 0 Å². The third-order valence-electron chi connectivity index (χ3n) is 3.17. The molecule has 1 saturated heterocycles. The molecule has 1 aromatic rings. The molecule has 20 heavy (non-hydrogen) atoms. The van der Waals surface area contributed by atoms with Crippen molar-refractivity contribution in [2.45, 2.75) is 25.8 Å². The van der Waals surface area contributed by atoms with Crippen molar-refractivity contribution in [3.05, 3.63) is 24.3 Å². The summed E-state index contributed by atoms with van der Waals surface area (Å²) in [6.45, 7) is 4.37. The van der Waals surface area contributed by atoms with Crippen LogP contribution in [-0.4, -0.2) is 38.3 Å². The van der Waals surface area contributed by atoms with Gasteiger partial charge in [-0.3, -0.25) is 4.79 Å². The molecule has 0 aromatic heterocycles. The van der Waals surface area contributed by atoms with Crippen LogP contribution in [0, 0.1) is 0 Å². The van der Waals surface area contributed by atoms with E-state index in [2.05, 4.69) is 10.6 Å². The second-order valence-electron chi connectivity index (χ2n) is 4.78. The lowest BCUT2D eigenvalue weighted by Crippen LogP contribution is -2.47. The summed E-state index contributed by atoms with van der Waals surface area (Å²) in [4.78, 5) is 11.8. The first-order valence-electron chi connectivity index (χ1n) is 7.14. The molecule has 2 rings (SSSR count). The van der Waals surface area contributed by atoms with E-state index in [0.717, 1.165) is 25.9 Å². The molecule has 1 aromatic carbocycles. The molecule has 1 atom stereocenters. The van der Waals surface area contributed by atoms with Crippen LogP contribution in [0.5, 0.6) is 11.5 Å². The zero-order valence-corrected chi connectivity index (χ0v) is 11.9. The van der Waals surface area contributed by atoms with Crippen molar-refractivity contribution in [3.63, 3.8) is 0 Å². The zero-order chi connectivity index (χ0) is 14.2. The Hall–Kier alpha value is -1.75. The van der Waals surface area contributed by atoms with Gasteiger partial charge in [-0.05, 0) is 38.4 Å². The molecular weight excluding hydrogens is 256 g/mol. The lowest BCUT2D eigenvalue weighted by atomic mass is 10.1. The van der Waals surface area contributed by atoms with Crippen LogP contribution in [0.2, 0.25) is 0 Å². The molecule has 0 unspecified atom stereocenters. The minimum absolute atomic E-state index is 0.0145. The Morgan fingerprint density at radius 3 is 2.75 bits per heavy atom. The number of benzene rings is 1. The predicted molar refractivity (Wildman–Crippen MR) is 77.1 cm³/mol. The van der Waals surface area contributed by atoms with Crippen LogP contribution in [0.1, 0.15) is 19.8 Å². The lowest BCUT2D eigenvalue weighted by Gasteiger charge is -2.23. The molecule has 0 aliphatic carbocycles. The molecule has 1 aliphatic heterocycles. The normalized spacial score (nSPS) is 18.4. The molecule has 0 spiro atoms. The van der Waals surface area contributed by atoms with E-state index in [4.69, 9.17) is 9.47 Å². The van der Waals surface area contributed by atoms with E-state index in [-0.39, 0.29) is 18.6 Å². The van der Waals surface area contributed by atoms with Gasteiger partial charge in [-0.2, -0.15) is 0 Å². The van der Waals surface area contributed by atoms with Crippen molar-refractivity contribution < 1.29 is 14.3 Å². The molecule has 1 heterocycles. The Labute approximate surface area is 119 Å². The van der Waals surface area contributed by atoms with Crippen molar-refractivity contribution in [2.75, 3.05) is 26.3 Å². The SMILES string of the molecule is CCOc1ccccc1OCC(=O)N[C@H]1CCCNC1. The first kappa shape index (κ1) is 14.7. The Balaban J connectivity index is 1.80. The summed E-state index contributed by atoms with van der Waals surface area (Å²) in [6.07, 6.45) is 2.12. The van der Waals surface area contributed by atoms with Crippen LogP contribution in [0.15, 0.2) is 24.3 Å². The quantitative estimate of drug-likeness (QED) is 0.824. The summed E-state index contributed by atoms with van der Waals surface area (Å²) in [6, 6.07) is 7.59. The maximum Gasteiger partial charge on any atom is 0.258 e. The van der Waals surface area contributed by atoms with Crippen LogP contribution < -0.4 is 20.1 Å². The molecule has 1 fully saturated rings. The summed E-state index contributed by atoms with van der Waals surface area (Å²) >= 11 is 0. The van der Waals surface area contributed by atoms with Gasteiger partial charge < -0.3 is 20.1 Å². The summed E-state index contributed by atoms with van der Waals surface area (Å²) in [5, 5.41) is 6.24. The smallest absolute Gasteiger partial charge is 0.258 e. The summed E-state index contributed by atoms with van der Waals surface area (Å²) in [5.74, 6) is 1.18. The average molecular weight is 278 g/mol. The molecule has 5 heteroatoms. The summed E-state index contributed by atoms with van der Waals surface area (Å²) in [5.41, 5.74) is 0. The van der Waals surface area contributed by atoms with Gasteiger partial charge in [0, 0.05) is 12.6 Å². The number of hydrogen-bond donors (Lipinski definition) is 2. The van der Waals surface area contributed by atoms with Gasteiger partial charge in [0.15, 0.2) is 18.1 Å². The first-order chi connectivity index (χ1) is 9.79. The molecule has 1 amide bonds. The monoisotopic (exact) mass is 278 g/mol. The molecule has 0 saturated carbocycles. The molecule has 0 radical (unpaired) electrons. The first-order valence-corrected chi connectivity index (χ1v) is 7.14. The van der Waals surface area contributed by atoms with E-state index in [1.165, 1.54) is 0 Å². The zero-order valence-electron chi connectivity index (χ0n) is 11.9. The molecule has 5 nitrogen and oxygen atoms in total. The number of carbonyl (C=O) groups excluding carboxylic acids is 1. The topological polar surface area (TPSA) is 59.6 Å². The van der Waals surface area contributed by atoms with Crippen LogP contribution in [0.25, 0.3) is 0 Å². The van der Waals surface area contributed by atoms with E-state index in [0.29, 0.717) is 18.1 Å². The van der Waals surface area contributed by atoms with Crippen molar-refractivity contribution in [1.82, 2.24) is 10.6 Å². The third-order valence-corrected chi connectivity index (χ3v) is 3.17. The van der Waals surface area contributed by atoms with Crippen LogP contribution in [0.3, 0.4) is 0 Å².